The number of rotatable bonds is 8. The molecule has 0 fully saturated rings. The van der Waals surface area contributed by atoms with Crippen molar-refractivity contribution in [3.05, 3.63) is 106 Å². The molecule has 1 aliphatic rings. The number of benzene rings is 3. The predicted octanol–water partition coefficient (Wildman–Crippen LogP) is 5.55. The third-order valence-corrected chi connectivity index (χ3v) is 7.81. The van der Waals surface area contributed by atoms with Gasteiger partial charge in [-0.2, -0.15) is 0 Å². The summed E-state index contributed by atoms with van der Waals surface area (Å²) in [6.07, 6.45) is 1.50. The molecule has 0 N–H and O–H groups in total. The third kappa shape index (κ3) is 4.92. The first-order valence-corrected chi connectivity index (χ1v) is 13.2. The zero-order chi connectivity index (χ0) is 24.9. The van der Waals surface area contributed by atoms with Gasteiger partial charge < -0.3 is 14.5 Å². The summed E-state index contributed by atoms with van der Waals surface area (Å²) in [6, 6.07) is 25.8. The molecule has 0 saturated heterocycles. The van der Waals surface area contributed by atoms with Gasteiger partial charge in [-0.15, -0.1) is 11.3 Å². The SMILES string of the molecule is COCCCN(CC(=O)N1CCc2sccc2C1c1ccccc1)C(=O)c1cccc2ccccc12. The molecule has 6 heteroatoms. The zero-order valence-corrected chi connectivity index (χ0v) is 21.2. The minimum atomic E-state index is -0.137. The number of hydrogen-bond acceptors (Lipinski definition) is 4. The lowest BCUT2D eigenvalue weighted by atomic mass is 9.93. The molecule has 3 aromatic carbocycles. The maximum absolute atomic E-state index is 13.9. The van der Waals surface area contributed by atoms with Gasteiger partial charge in [0.25, 0.3) is 5.91 Å². The topological polar surface area (TPSA) is 49.9 Å². The maximum Gasteiger partial charge on any atom is 0.254 e. The lowest BCUT2D eigenvalue weighted by Gasteiger charge is -2.37. The van der Waals surface area contributed by atoms with E-state index < -0.39 is 0 Å². The standard InChI is InChI=1S/C30H30N2O3S/c1-35-19-8-17-31(30(34)25-14-7-12-22-9-5-6-13-24(22)25)21-28(33)32-18-15-27-26(16-20-36-27)29(32)23-10-3-2-4-11-23/h2-7,9-14,16,20,29H,8,15,17-19,21H2,1H3. The number of methoxy groups -OCH3 is 1. The number of ether oxygens (including phenoxy) is 1. The Labute approximate surface area is 215 Å². The second-order valence-corrected chi connectivity index (χ2v) is 10.0. The Morgan fingerprint density at radius 3 is 2.61 bits per heavy atom. The molecule has 36 heavy (non-hydrogen) atoms. The van der Waals surface area contributed by atoms with Crippen LogP contribution in [0.2, 0.25) is 0 Å². The van der Waals surface area contributed by atoms with E-state index in [1.807, 2.05) is 65.6 Å². The first-order valence-electron chi connectivity index (χ1n) is 12.3. The van der Waals surface area contributed by atoms with Gasteiger partial charge in [0, 0.05) is 37.2 Å². The largest absolute Gasteiger partial charge is 0.385 e. The van der Waals surface area contributed by atoms with E-state index in [4.69, 9.17) is 4.74 Å². The van der Waals surface area contributed by atoms with Gasteiger partial charge in [-0.05, 0) is 52.3 Å². The minimum Gasteiger partial charge on any atom is -0.385 e. The molecule has 0 bridgehead atoms. The van der Waals surface area contributed by atoms with E-state index in [0.29, 0.717) is 31.7 Å². The number of carbonyl (C=O) groups is 2. The molecule has 1 atom stereocenters. The molecule has 1 aromatic heterocycles. The molecular weight excluding hydrogens is 468 g/mol. The molecule has 5 rings (SSSR count). The number of fused-ring (bicyclic) bond motifs is 2. The first-order chi connectivity index (χ1) is 17.7. The summed E-state index contributed by atoms with van der Waals surface area (Å²) in [5, 5.41) is 4.02. The second kappa shape index (κ2) is 11.1. The van der Waals surface area contributed by atoms with Crippen molar-refractivity contribution >= 4 is 33.9 Å². The van der Waals surface area contributed by atoms with Crippen LogP contribution < -0.4 is 0 Å². The van der Waals surface area contributed by atoms with Crippen LogP contribution >= 0.6 is 11.3 Å². The summed E-state index contributed by atoms with van der Waals surface area (Å²) in [7, 11) is 1.65. The molecular formula is C30H30N2O3S. The van der Waals surface area contributed by atoms with Crippen molar-refractivity contribution in [1.29, 1.82) is 0 Å². The number of nitrogens with zero attached hydrogens (tertiary/aromatic N) is 2. The van der Waals surface area contributed by atoms with Crippen LogP contribution in [0.5, 0.6) is 0 Å². The summed E-state index contributed by atoms with van der Waals surface area (Å²) < 4.78 is 5.24. The van der Waals surface area contributed by atoms with Gasteiger partial charge in [-0.1, -0.05) is 66.7 Å². The highest BCUT2D eigenvalue weighted by Crippen LogP contribution is 2.37. The second-order valence-electron chi connectivity index (χ2n) is 9.05. The van der Waals surface area contributed by atoms with Crippen molar-refractivity contribution in [3.63, 3.8) is 0 Å². The molecule has 184 valence electrons. The molecule has 2 amide bonds. The number of hydrogen-bond donors (Lipinski definition) is 0. The molecule has 0 aliphatic carbocycles. The van der Waals surface area contributed by atoms with Gasteiger partial charge in [-0.25, -0.2) is 0 Å². The van der Waals surface area contributed by atoms with Gasteiger partial charge in [0.2, 0.25) is 5.91 Å². The molecule has 5 nitrogen and oxygen atoms in total. The van der Waals surface area contributed by atoms with Gasteiger partial charge in [0.15, 0.2) is 0 Å². The quantitative estimate of drug-likeness (QED) is 0.299. The Morgan fingerprint density at radius 2 is 1.78 bits per heavy atom. The van der Waals surface area contributed by atoms with Crippen LogP contribution in [0.1, 0.15) is 38.8 Å². The fourth-order valence-electron chi connectivity index (χ4n) is 5.07. The highest BCUT2D eigenvalue weighted by Gasteiger charge is 2.34. The Hall–Kier alpha value is -3.48. The van der Waals surface area contributed by atoms with Crippen LogP contribution in [0.15, 0.2) is 84.2 Å². The fraction of sp³-hybridized carbons (Fsp3) is 0.267. The van der Waals surface area contributed by atoms with E-state index in [9.17, 15) is 9.59 Å². The first kappa shape index (κ1) is 24.2. The van der Waals surface area contributed by atoms with Crippen LogP contribution in [-0.2, 0) is 16.0 Å². The van der Waals surface area contributed by atoms with Gasteiger partial charge in [-0.3, -0.25) is 9.59 Å². The average molecular weight is 499 g/mol. The highest BCUT2D eigenvalue weighted by molar-refractivity contribution is 7.10. The van der Waals surface area contributed by atoms with Crippen LogP contribution in [-0.4, -0.2) is 55.0 Å². The van der Waals surface area contributed by atoms with E-state index in [-0.39, 0.29) is 24.4 Å². The van der Waals surface area contributed by atoms with Gasteiger partial charge >= 0.3 is 0 Å². The van der Waals surface area contributed by atoms with E-state index in [1.165, 1.54) is 10.4 Å². The van der Waals surface area contributed by atoms with Crippen LogP contribution in [0.3, 0.4) is 0 Å². The van der Waals surface area contributed by atoms with E-state index >= 15 is 0 Å². The maximum atomic E-state index is 13.9. The Morgan fingerprint density at radius 1 is 1.00 bits per heavy atom. The lowest BCUT2D eigenvalue weighted by molar-refractivity contribution is -0.134. The molecule has 2 heterocycles. The van der Waals surface area contributed by atoms with Crippen LogP contribution in [0, 0.1) is 0 Å². The average Bonchev–Trinajstić information content (AvgIpc) is 3.41. The minimum absolute atomic E-state index is 0.0355. The third-order valence-electron chi connectivity index (χ3n) is 6.81. The van der Waals surface area contributed by atoms with Crippen molar-refractivity contribution in [2.75, 3.05) is 33.4 Å². The summed E-state index contributed by atoms with van der Waals surface area (Å²) in [5.74, 6) is -0.160. The smallest absolute Gasteiger partial charge is 0.254 e. The van der Waals surface area contributed by atoms with Crippen molar-refractivity contribution in [2.45, 2.75) is 18.9 Å². The summed E-state index contributed by atoms with van der Waals surface area (Å²) >= 11 is 1.75. The predicted molar refractivity (Wildman–Crippen MR) is 144 cm³/mol. The number of amides is 2. The highest BCUT2D eigenvalue weighted by atomic mass is 32.1. The molecule has 0 radical (unpaired) electrons. The molecule has 4 aromatic rings. The molecule has 1 aliphatic heterocycles. The zero-order valence-electron chi connectivity index (χ0n) is 20.4. The van der Waals surface area contributed by atoms with Gasteiger partial charge in [0.1, 0.15) is 6.54 Å². The Kier molecular flexibility index (Phi) is 7.44. The molecule has 1 unspecified atom stereocenters. The number of carbonyl (C=O) groups excluding carboxylic acids is 2. The van der Waals surface area contributed by atoms with Crippen LogP contribution in [0.25, 0.3) is 10.8 Å². The Balaban J connectivity index is 1.44. The van der Waals surface area contributed by atoms with Crippen molar-refractivity contribution in [3.8, 4) is 0 Å². The van der Waals surface area contributed by atoms with Crippen molar-refractivity contribution in [1.82, 2.24) is 9.80 Å². The summed E-state index contributed by atoms with van der Waals surface area (Å²) in [6.45, 7) is 1.66. The summed E-state index contributed by atoms with van der Waals surface area (Å²) in [4.78, 5) is 32.6. The fourth-order valence-corrected chi connectivity index (χ4v) is 5.97. The van der Waals surface area contributed by atoms with E-state index in [1.54, 1.807) is 23.3 Å². The normalized spacial score (nSPS) is 15.0. The molecule has 0 saturated carbocycles. The van der Waals surface area contributed by atoms with E-state index in [0.717, 1.165) is 22.8 Å². The van der Waals surface area contributed by atoms with Crippen LogP contribution in [0.4, 0.5) is 0 Å². The van der Waals surface area contributed by atoms with E-state index in [2.05, 4.69) is 23.6 Å². The number of thiophene rings is 1. The lowest BCUT2D eigenvalue weighted by Crippen LogP contribution is -2.47. The summed E-state index contributed by atoms with van der Waals surface area (Å²) in [5.41, 5.74) is 2.91. The Bertz CT molecular complexity index is 1350. The monoisotopic (exact) mass is 498 g/mol. The van der Waals surface area contributed by atoms with Crippen molar-refractivity contribution in [2.24, 2.45) is 0 Å². The van der Waals surface area contributed by atoms with Gasteiger partial charge in [0.05, 0.1) is 6.04 Å². The van der Waals surface area contributed by atoms with Crippen molar-refractivity contribution < 1.29 is 14.3 Å². The molecule has 0 spiro atoms.